The molecule has 0 aromatic heterocycles. The third kappa shape index (κ3) is 6.65. The molecule has 118 valence electrons. The Kier molecular flexibility index (Phi) is 6.87. The lowest BCUT2D eigenvalue weighted by Gasteiger charge is -2.35. The molecule has 1 amide bonds. The van der Waals surface area contributed by atoms with Crippen molar-refractivity contribution in [3.8, 4) is 0 Å². The number of carbonyl (C=O) groups excluding carboxylic acids is 1. The van der Waals surface area contributed by atoms with Crippen LogP contribution in [-0.2, 0) is 14.8 Å². The third-order valence-corrected chi connectivity index (χ3v) is 4.10. The van der Waals surface area contributed by atoms with Gasteiger partial charge in [0.15, 0.2) is 0 Å². The zero-order valence-corrected chi connectivity index (χ0v) is 13.0. The molecule has 0 radical (unpaired) electrons. The standard InChI is InChI=1S/C12H25N3O4S/c1-3-11(16)10-14-6-8-15(9-7-14)12(17)4-5-13-20(2,18)19/h11,13,16H,3-10H2,1-2H3/t11-/m0/s1. The number of aliphatic hydroxyl groups excluding tert-OH is 1. The Labute approximate surface area is 121 Å². The maximum Gasteiger partial charge on any atom is 0.223 e. The van der Waals surface area contributed by atoms with Gasteiger partial charge in [0.2, 0.25) is 15.9 Å². The number of hydrogen-bond acceptors (Lipinski definition) is 5. The van der Waals surface area contributed by atoms with Crippen molar-refractivity contribution in [1.82, 2.24) is 14.5 Å². The van der Waals surface area contributed by atoms with Crippen LogP contribution in [0.2, 0.25) is 0 Å². The van der Waals surface area contributed by atoms with E-state index in [4.69, 9.17) is 0 Å². The lowest BCUT2D eigenvalue weighted by Crippen LogP contribution is -2.50. The molecular weight excluding hydrogens is 282 g/mol. The zero-order chi connectivity index (χ0) is 15.2. The van der Waals surface area contributed by atoms with Gasteiger partial charge in [-0.05, 0) is 6.42 Å². The van der Waals surface area contributed by atoms with Gasteiger partial charge in [0.1, 0.15) is 0 Å². The molecule has 1 heterocycles. The molecule has 0 saturated carbocycles. The van der Waals surface area contributed by atoms with Gasteiger partial charge in [0, 0.05) is 45.7 Å². The minimum absolute atomic E-state index is 0.0307. The van der Waals surface area contributed by atoms with Crippen molar-refractivity contribution in [2.75, 3.05) is 45.5 Å². The smallest absolute Gasteiger partial charge is 0.223 e. The van der Waals surface area contributed by atoms with Crippen LogP contribution >= 0.6 is 0 Å². The highest BCUT2D eigenvalue weighted by Gasteiger charge is 2.21. The highest BCUT2D eigenvalue weighted by Crippen LogP contribution is 2.05. The summed E-state index contributed by atoms with van der Waals surface area (Å²) >= 11 is 0. The first kappa shape index (κ1) is 17.4. The van der Waals surface area contributed by atoms with E-state index in [1.165, 1.54) is 0 Å². The minimum Gasteiger partial charge on any atom is -0.392 e. The van der Waals surface area contributed by atoms with Crippen LogP contribution in [0.4, 0.5) is 0 Å². The number of aliphatic hydroxyl groups is 1. The monoisotopic (exact) mass is 307 g/mol. The number of β-amino-alcohol motifs (C(OH)–C–C–N with tert-alkyl or cyclic N) is 1. The van der Waals surface area contributed by atoms with E-state index in [0.29, 0.717) is 19.6 Å². The van der Waals surface area contributed by atoms with Crippen molar-refractivity contribution in [1.29, 1.82) is 0 Å². The Morgan fingerprint density at radius 3 is 2.40 bits per heavy atom. The molecule has 2 N–H and O–H groups in total. The average Bonchev–Trinajstić information content (AvgIpc) is 2.37. The van der Waals surface area contributed by atoms with Gasteiger partial charge in [-0.1, -0.05) is 6.92 Å². The van der Waals surface area contributed by atoms with Gasteiger partial charge >= 0.3 is 0 Å². The fourth-order valence-corrected chi connectivity index (χ4v) is 2.58. The number of amides is 1. The number of hydrogen-bond donors (Lipinski definition) is 2. The van der Waals surface area contributed by atoms with Crippen LogP contribution in [0.25, 0.3) is 0 Å². The molecule has 1 fully saturated rings. The number of carbonyl (C=O) groups is 1. The second kappa shape index (κ2) is 7.92. The summed E-state index contributed by atoms with van der Waals surface area (Å²) < 4.78 is 24.1. The highest BCUT2D eigenvalue weighted by molar-refractivity contribution is 7.88. The SMILES string of the molecule is CC[C@H](O)CN1CCN(C(=O)CCNS(C)(=O)=O)CC1. The number of rotatable bonds is 7. The summed E-state index contributed by atoms with van der Waals surface area (Å²) in [4.78, 5) is 15.8. The number of nitrogens with one attached hydrogen (secondary N) is 1. The van der Waals surface area contributed by atoms with Crippen LogP contribution in [0.15, 0.2) is 0 Å². The van der Waals surface area contributed by atoms with Gasteiger partial charge in [-0.15, -0.1) is 0 Å². The molecule has 1 rings (SSSR count). The van der Waals surface area contributed by atoms with Crippen molar-refractivity contribution in [2.45, 2.75) is 25.9 Å². The Morgan fingerprint density at radius 1 is 1.30 bits per heavy atom. The van der Waals surface area contributed by atoms with Crippen LogP contribution in [0.5, 0.6) is 0 Å². The molecular formula is C12H25N3O4S. The first-order chi connectivity index (χ1) is 9.31. The molecule has 7 nitrogen and oxygen atoms in total. The first-order valence-corrected chi connectivity index (χ1v) is 8.83. The molecule has 20 heavy (non-hydrogen) atoms. The van der Waals surface area contributed by atoms with E-state index in [9.17, 15) is 18.3 Å². The fourth-order valence-electron chi connectivity index (χ4n) is 2.11. The average molecular weight is 307 g/mol. The predicted octanol–water partition coefficient (Wildman–Crippen LogP) is -1.16. The molecule has 0 aliphatic carbocycles. The Hall–Kier alpha value is -0.700. The number of sulfonamides is 1. The molecule has 0 unspecified atom stereocenters. The number of piperazine rings is 1. The van der Waals surface area contributed by atoms with Gasteiger partial charge in [-0.2, -0.15) is 0 Å². The van der Waals surface area contributed by atoms with E-state index in [1.807, 2.05) is 6.92 Å². The van der Waals surface area contributed by atoms with E-state index < -0.39 is 10.0 Å². The topological polar surface area (TPSA) is 89.9 Å². The second-order valence-corrected chi connectivity index (χ2v) is 6.99. The van der Waals surface area contributed by atoms with Crippen molar-refractivity contribution < 1.29 is 18.3 Å². The van der Waals surface area contributed by atoms with Crippen molar-refractivity contribution in [3.05, 3.63) is 0 Å². The fraction of sp³-hybridized carbons (Fsp3) is 0.917. The Morgan fingerprint density at radius 2 is 1.90 bits per heavy atom. The summed E-state index contributed by atoms with van der Waals surface area (Å²) in [7, 11) is -3.23. The molecule has 8 heteroatoms. The normalized spacial score (nSPS) is 19.1. The molecule has 1 atom stereocenters. The van der Waals surface area contributed by atoms with Gasteiger partial charge in [-0.3, -0.25) is 9.69 Å². The molecule has 0 aromatic carbocycles. The maximum atomic E-state index is 11.9. The summed E-state index contributed by atoms with van der Waals surface area (Å²) in [6, 6.07) is 0. The summed E-state index contributed by atoms with van der Waals surface area (Å²) in [5, 5.41) is 9.59. The Bertz CT molecular complexity index is 405. The lowest BCUT2D eigenvalue weighted by molar-refractivity contribution is -0.132. The van der Waals surface area contributed by atoms with Crippen LogP contribution in [0, 0.1) is 0 Å². The second-order valence-electron chi connectivity index (χ2n) is 5.16. The lowest BCUT2D eigenvalue weighted by atomic mass is 10.2. The van der Waals surface area contributed by atoms with Gasteiger partial charge in [-0.25, -0.2) is 13.1 Å². The van der Waals surface area contributed by atoms with Crippen LogP contribution < -0.4 is 4.72 Å². The quantitative estimate of drug-likeness (QED) is 0.619. The molecule has 1 aliphatic rings. The summed E-state index contributed by atoms with van der Waals surface area (Å²) in [6.07, 6.45) is 1.69. The zero-order valence-electron chi connectivity index (χ0n) is 12.2. The highest BCUT2D eigenvalue weighted by atomic mass is 32.2. The van der Waals surface area contributed by atoms with E-state index in [0.717, 1.165) is 25.8 Å². The summed E-state index contributed by atoms with van der Waals surface area (Å²) in [6.45, 7) is 5.51. The first-order valence-electron chi connectivity index (χ1n) is 6.94. The van der Waals surface area contributed by atoms with Crippen molar-refractivity contribution in [3.63, 3.8) is 0 Å². The van der Waals surface area contributed by atoms with E-state index >= 15 is 0 Å². The number of nitrogens with zero attached hydrogens (tertiary/aromatic N) is 2. The van der Waals surface area contributed by atoms with Gasteiger partial charge < -0.3 is 10.0 Å². The summed E-state index contributed by atoms with van der Waals surface area (Å²) in [5.41, 5.74) is 0. The van der Waals surface area contributed by atoms with E-state index in [2.05, 4.69) is 9.62 Å². The Balaban J connectivity index is 2.25. The van der Waals surface area contributed by atoms with E-state index in [1.54, 1.807) is 4.90 Å². The molecule has 0 bridgehead atoms. The minimum atomic E-state index is -3.23. The molecule has 0 aromatic rings. The van der Waals surface area contributed by atoms with Crippen molar-refractivity contribution >= 4 is 15.9 Å². The molecule has 1 saturated heterocycles. The van der Waals surface area contributed by atoms with Crippen LogP contribution in [0.3, 0.4) is 0 Å². The van der Waals surface area contributed by atoms with Crippen LogP contribution in [-0.4, -0.2) is 80.9 Å². The maximum absolute atomic E-state index is 11.9. The molecule has 0 spiro atoms. The van der Waals surface area contributed by atoms with Gasteiger partial charge in [0.05, 0.1) is 12.4 Å². The third-order valence-electron chi connectivity index (χ3n) is 3.37. The predicted molar refractivity (Wildman–Crippen MR) is 76.8 cm³/mol. The van der Waals surface area contributed by atoms with E-state index in [-0.39, 0.29) is 25.0 Å². The van der Waals surface area contributed by atoms with Crippen LogP contribution in [0.1, 0.15) is 19.8 Å². The largest absolute Gasteiger partial charge is 0.392 e. The van der Waals surface area contributed by atoms with Gasteiger partial charge in [0.25, 0.3) is 0 Å². The summed E-state index contributed by atoms with van der Waals surface area (Å²) in [5.74, 6) is -0.0307. The van der Waals surface area contributed by atoms with Crippen molar-refractivity contribution in [2.24, 2.45) is 0 Å². The molecule has 1 aliphatic heterocycles.